The van der Waals surface area contributed by atoms with E-state index in [2.05, 4.69) is 19.2 Å². The Morgan fingerprint density at radius 1 is 1.64 bits per heavy atom. The minimum Gasteiger partial charge on any atom is -0.480 e. The van der Waals surface area contributed by atoms with Crippen LogP contribution in [0.15, 0.2) is 0 Å². The van der Waals surface area contributed by atoms with E-state index >= 15 is 0 Å². The summed E-state index contributed by atoms with van der Waals surface area (Å²) in [5, 5.41) is 11.8. The molecule has 0 aromatic heterocycles. The second kappa shape index (κ2) is 1.78. The van der Waals surface area contributed by atoms with Gasteiger partial charge in [-0.25, -0.2) is 0 Å². The number of fused-ring (bicyclic) bond motifs is 1. The highest BCUT2D eigenvalue weighted by Crippen LogP contribution is 2.62. The Balaban J connectivity index is 2.13. The van der Waals surface area contributed by atoms with Crippen LogP contribution >= 0.6 is 0 Å². The van der Waals surface area contributed by atoms with Gasteiger partial charge in [0.1, 0.15) is 6.04 Å². The quantitative estimate of drug-likeness (QED) is 0.573. The van der Waals surface area contributed by atoms with Gasteiger partial charge in [-0.15, -0.1) is 0 Å². The second-order valence-corrected chi connectivity index (χ2v) is 4.18. The molecule has 0 spiro atoms. The predicted octanol–water partition coefficient (Wildman–Crippen LogP) is 0.315. The molecule has 2 aliphatic rings. The summed E-state index contributed by atoms with van der Waals surface area (Å²) in [7, 11) is 0. The minimum atomic E-state index is -0.692. The first-order chi connectivity index (χ1) is 5.05. The van der Waals surface area contributed by atoms with Gasteiger partial charge in [-0.2, -0.15) is 0 Å². The highest BCUT2D eigenvalue weighted by molar-refractivity contribution is 5.75. The summed E-state index contributed by atoms with van der Waals surface area (Å²) in [5.74, 6) is 0.284. The van der Waals surface area contributed by atoms with Crippen LogP contribution in [0.2, 0.25) is 0 Å². The van der Waals surface area contributed by atoms with Crippen LogP contribution in [0.4, 0.5) is 0 Å². The van der Waals surface area contributed by atoms with E-state index in [0.717, 1.165) is 6.54 Å². The van der Waals surface area contributed by atoms with E-state index in [1.165, 1.54) is 0 Å². The fourth-order valence-corrected chi connectivity index (χ4v) is 2.46. The molecule has 0 unspecified atom stereocenters. The van der Waals surface area contributed by atoms with Gasteiger partial charge in [0.25, 0.3) is 0 Å². The Morgan fingerprint density at radius 2 is 2.27 bits per heavy atom. The first-order valence-corrected chi connectivity index (χ1v) is 4.01. The highest BCUT2D eigenvalue weighted by Gasteiger charge is 2.65. The average Bonchev–Trinajstić information content (AvgIpc) is 2.34. The Hall–Kier alpha value is -0.570. The van der Waals surface area contributed by atoms with Gasteiger partial charge in [0, 0.05) is 0 Å². The van der Waals surface area contributed by atoms with Crippen LogP contribution in [0.5, 0.6) is 0 Å². The molecular weight excluding hydrogens is 142 g/mol. The molecular formula is C8H13NO2. The van der Waals surface area contributed by atoms with Gasteiger partial charge < -0.3 is 10.4 Å². The molecule has 2 rings (SSSR count). The third-order valence-electron chi connectivity index (χ3n) is 3.32. The van der Waals surface area contributed by atoms with Crippen molar-refractivity contribution in [2.75, 3.05) is 6.54 Å². The molecule has 0 radical (unpaired) electrons. The molecule has 1 saturated carbocycles. The molecule has 0 bridgehead atoms. The van der Waals surface area contributed by atoms with E-state index in [4.69, 9.17) is 5.11 Å². The Bertz CT molecular complexity index is 212. The summed E-state index contributed by atoms with van der Waals surface area (Å²) in [6.45, 7) is 5.19. The van der Waals surface area contributed by atoms with Gasteiger partial charge in [0.15, 0.2) is 0 Å². The van der Waals surface area contributed by atoms with E-state index in [-0.39, 0.29) is 11.5 Å². The van der Waals surface area contributed by atoms with Gasteiger partial charge in [0.2, 0.25) is 0 Å². The van der Waals surface area contributed by atoms with Crippen molar-refractivity contribution in [1.29, 1.82) is 0 Å². The summed E-state index contributed by atoms with van der Waals surface area (Å²) in [4.78, 5) is 10.7. The van der Waals surface area contributed by atoms with E-state index < -0.39 is 5.97 Å². The van der Waals surface area contributed by atoms with Gasteiger partial charge >= 0.3 is 5.97 Å². The average molecular weight is 155 g/mol. The molecule has 2 fully saturated rings. The highest BCUT2D eigenvalue weighted by atomic mass is 16.4. The van der Waals surface area contributed by atoms with E-state index in [9.17, 15) is 4.79 Å². The van der Waals surface area contributed by atoms with E-state index in [1.54, 1.807) is 0 Å². The maximum Gasteiger partial charge on any atom is 0.321 e. The topological polar surface area (TPSA) is 49.3 Å². The zero-order valence-corrected chi connectivity index (χ0v) is 6.79. The van der Waals surface area contributed by atoms with E-state index in [1.807, 2.05) is 0 Å². The lowest BCUT2D eigenvalue weighted by atomic mass is 10.0. The van der Waals surface area contributed by atoms with Crippen molar-refractivity contribution in [3.8, 4) is 0 Å². The van der Waals surface area contributed by atoms with Crippen molar-refractivity contribution < 1.29 is 9.90 Å². The predicted molar refractivity (Wildman–Crippen MR) is 40.2 cm³/mol. The van der Waals surface area contributed by atoms with Crippen LogP contribution in [0.3, 0.4) is 0 Å². The molecule has 1 aliphatic carbocycles. The van der Waals surface area contributed by atoms with Crippen LogP contribution in [-0.4, -0.2) is 23.7 Å². The number of aliphatic carboxylic acids is 1. The monoisotopic (exact) mass is 155 g/mol. The number of hydrogen-bond donors (Lipinski definition) is 2. The van der Waals surface area contributed by atoms with Crippen LogP contribution in [0.25, 0.3) is 0 Å². The fourth-order valence-electron chi connectivity index (χ4n) is 2.46. The van der Waals surface area contributed by atoms with Crippen LogP contribution in [0, 0.1) is 17.3 Å². The normalized spacial score (nSPS) is 45.1. The zero-order valence-electron chi connectivity index (χ0n) is 6.79. The summed E-state index contributed by atoms with van der Waals surface area (Å²) < 4.78 is 0. The molecule has 2 N–H and O–H groups in total. The smallest absolute Gasteiger partial charge is 0.321 e. The van der Waals surface area contributed by atoms with Crippen molar-refractivity contribution in [1.82, 2.24) is 5.32 Å². The van der Waals surface area contributed by atoms with Crippen molar-refractivity contribution in [3.05, 3.63) is 0 Å². The SMILES string of the molecule is CC1(C)[C@@H]2[C@@H](C(=O)O)NC[C@H]21. The molecule has 3 nitrogen and oxygen atoms in total. The number of carboxylic acids is 1. The zero-order chi connectivity index (χ0) is 8.22. The van der Waals surface area contributed by atoms with Crippen molar-refractivity contribution in [3.63, 3.8) is 0 Å². The van der Waals surface area contributed by atoms with Crippen molar-refractivity contribution in [2.24, 2.45) is 17.3 Å². The van der Waals surface area contributed by atoms with Gasteiger partial charge in [-0.05, 0) is 23.8 Å². The number of carboxylic acid groups (broad SMARTS) is 1. The number of piperidine rings is 1. The molecule has 3 heteroatoms. The third-order valence-corrected chi connectivity index (χ3v) is 3.32. The van der Waals surface area contributed by atoms with E-state index in [0.29, 0.717) is 11.8 Å². The molecule has 1 heterocycles. The summed E-state index contributed by atoms with van der Waals surface area (Å²) >= 11 is 0. The lowest BCUT2D eigenvalue weighted by Crippen LogP contribution is -2.37. The first kappa shape index (κ1) is 7.10. The summed E-state index contributed by atoms with van der Waals surface area (Å²) in [6.07, 6.45) is 0. The maximum atomic E-state index is 10.7. The minimum absolute atomic E-state index is 0.272. The molecule has 0 aromatic rings. The maximum absolute atomic E-state index is 10.7. The number of nitrogens with one attached hydrogen (secondary N) is 1. The second-order valence-electron chi connectivity index (χ2n) is 4.18. The molecule has 1 aliphatic heterocycles. The largest absolute Gasteiger partial charge is 0.480 e. The van der Waals surface area contributed by atoms with Crippen molar-refractivity contribution >= 4 is 5.97 Å². The van der Waals surface area contributed by atoms with Crippen LogP contribution in [0.1, 0.15) is 13.8 Å². The van der Waals surface area contributed by atoms with Crippen molar-refractivity contribution in [2.45, 2.75) is 19.9 Å². The third kappa shape index (κ3) is 0.745. The first-order valence-electron chi connectivity index (χ1n) is 4.01. The molecule has 3 atom stereocenters. The molecule has 62 valence electrons. The lowest BCUT2D eigenvalue weighted by Gasteiger charge is -2.14. The Kier molecular flexibility index (Phi) is 1.15. The fraction of sp³-hybridized carbons (Fsp3) is 0.875. The van der Waals surface area contributed by atoms with Gasteiger partial charge in [0.05, 0.1) is 0 Å². The Labute approximate surface area is 65.8 Å². The number of carbonyl (C=O) groups is 1. The molecule has 0 amide bonds. The van der Waals surface area contributed by atoms with Crippen LogP contribution < -0.4 is 5.32 Å². The van der Waals surface area contributed by atoms with Gasteiger partial charge in [-0.3, -0.25) is 4.79 Å². The lowest BCUT2D eigenvalue weighted by molar-refractivity contribution is -0.139. The number of hydrogen-bond acceptors (Lipinski definition) is 2. The molecule has 0 aromatic carbocycles. The van der Waals surface area contributed by atoms with Gasteiger partial charge in [-0.1, -0.05) is 13.8 Å². The Morgan fingerprint density at radius 3 is 2.55 bits per heavy atom. The summed E-state index contributed by atoms with van der Waals surface area (Å²) in [5.41, 5.74) is 0.272. The standard InChI is InChI=1S/C8H13NO2/c1-8(2)4-3-9-6(5(4)8)7(10)11/h4-6,9H,3H2,1-2H3,(H,10,11)/t4-,5+,6+/m1/s1. The number of rotatable bonds is 1. The molecule has 11 heavy (non-hydrogen) atoms. The molecule has 1 saturated heterocycles. The summed E-state index contributed by atoms with van der Waals surface area (Å²) in [6, 6.07) is -0.282. The van der Waals surface area contributed by atoms with Crippen LogP contribution in [-0.2, 0) is 4.79 Å².